The maximum Gasteiger partial charge on any atom is 0.322 e. The molecule has 3 nitrogen and oxygen atoms in total. The highest BCUT2D eigenvalue weighted by molar-refractivity contribution is 8.24. The fourth-order valence-electron chi connectivity index (χ4n) is 0.656. The first-order chi connectivity index (χ1) is 6.31. The second-order valence-electron chi connectivity index (χ2n) is 3.49. The van der Waals surface area contributed by atoms with E-state index in [0.29, 0.717) is 10.9 Å². The summed E-state index contributed by atoms with van der Waals surface area (Å²) < 4.78 is 5.02. The van der Waals surface area contributed by atoms with Crippen LogP contribution in [0.25, 0.3) is 0 Å². The zero-order valence-corrected chi connectivity index (χ0v) is 10.9. The van der Waals surface area contributed by atoms with Crippen LogP contribution in [-0.4, -0.2) is 40.6 Å². The number of thiocarbonyl (C=S) groups is 1. The van der Waals surface area contributed by atoms with Gasteiger partial charge in [-0.25, -0.2) is 0 Å². The van der Waals surface area contributed by atoms with E-state index in [1.165, 1.54) is 11.8 Å². The highest BCUT2D eigenvalue weighted by Crippen LogP contribution is 2.27. The number of nitrogens with zero attached hydrogens (tertiary/aromatic N) is 1. The van der Waals surface area contributed by atoms with Crippen molar-refractivity contribution in [2.24, 2.45) is 0 Å². The van der Waals surface area contributed by atoms with Crippen molar-refractivity contribution in [2.45, 2.75) is 25.5 Å². The molecular formula is C9H17NO2S2. The van der Waals surface area contributed by atoms with Gasteiger partial charge >= 0.3 is 5.97 Å². The Hall–Kier alpha value is -0.290. The van der Waals surface area contributed by atoms with E-state index in [1.807, 2.05) is 27.9 Å². The number of thioether (sulfide) groups is 1. The van der Waals surface area contributed by atoms with E-state index in [4.69, 9.17) is 17.0 Å². The van der Waals surface area contributed by atoms with Gasteiger partial charge in [0.25, 0.3) is 0 Å². The Morgan fingerprint density at radius 3 is 2.36 bits per heavy atom. The van der Waals surface area contributed by atoms with Gasteiger partial charge in [-0.05, 0) is 20.8 Å². The predicted molar refractivity (Wildman–Crippen MR) is 64.6 cm³/mol. The van der Waals surface area contributed by atoms with Gasteiger partial charge in [-0.1, -0.05) is 24.0 Å². The van der Waals surface area contributed by atoms with E-state index >= 15 is 0 Å². The standard InChI is InChI=1S/C9H17NO2S2/c1-6-12-7(11)9(2,3)14-8(13)10(4)5/h6H2,1-5H3. The van der Waals surface area contributed by atoms with Crippen molar-refractivity contribution in [3.8, 4) is 0 Å². The lowest BCUT2D eigenvalue weighted by Gasteiger charge is -2.24. The van der Waals surface area contributed by atoms with E-state index in [2.05, 4.69) is 0 Å². The summed E-state index contributed by atoms with van der Waals surface area (Å²) in [6, 6.07) is 0. The first kappa shape index (κ1) is 13.7. The third-order valence-corrected chi connectivity index (χ3v) is 3.31. The smallest absolute Gasteiger partial charge is 0.322 e. The van der Waals surface area contributed by atoms with Gasteiger partial charge in [0.2, 0.25) is 0 Å². The molecule has 0 unspecified atom stereocenters. The number of carbonyl (C=O) groups excluding carboxylic acids is 1. The molecule has 0 rings (SSSR count). The minimum Gasteiger partial charge on any atom is -0.465 e. The van der Waals surface area contributed by atoms with Crippen LogP contribution >= 0.6 is 24.0 Å². The molecule has 0 heterocycles. The maximum atomic E-state index is 11.5. The molecule has 0 aromatic rings. The van der Waals surface area contributed by atoms with Gasteiger partial charge in [0, 0.05) is 14.1 Å². The number of esters is 1. The molecule has 0 radical (unpaired) electrons. The minimum absolute atomic E-state index is 0.228. The van der Waals surface area contributed by atoms with Crippen LogP contribution in [0.15, 0.2) is 0 Å². The Morgan fingerprint density at radius 2 is 2.00 bits per heavy atom. The Labute approximate surface area is 95.2 Å². The molecule has 0 aliphatic carbocycles. The van der Waals surface area contributed by atoms with Crippen molar-refractivity contribution < 1.29 is 9.53 Å². The molecule has 14 heavy (non-hydrogen) atoms. The lowest BCUT2D eigenvalue weighted by Crippen LogP contribution is -2.33. The summed E-state index contributed by atoms with van der Waals surface area (Å²) in [5.74, 6) is -0.228. The predicted octanol–water partition coefficient (Wildman–Crippen LogP) is 1.91. The quantitative estimate of drug-likeness (QED) is 0.550. The molecule has 0 amide bonds. The summed E-state index contributed by atoms with van der Waals surface area (Å²) in [5, 5.41) is 0. The van der Waals surface area contributed by atoms with Gasteiger partial charge < -0.3 is 9.64 Å². The molecule has 0 saturated heterocycles. The Bertz CT molecular complexity index is 227. The van der Waals surface area contributed by atoms with Crippen LogP contribution in [0.3, 0.4) is 0 Å². The van der Waals surface area contributed by atoms with Crippen LogP contribution < -0.4 is 0 Å². The molecule has 0 spiro atoms. The van der Waals surface area contributed by atoms with Gasteiger partial charge in [0.1, 0.15) is 9.07 Å². The maximum absolute atomic E-state index is 11.5. The highest BCUT2D eigenvalue weighted by Gasteiger charge is 2.31. The summed E-state index contributed by atoms with van der Waals surface area (Å²) in [5.41, 5.74) is 0. The second kappa shape index (κ2) is 5.56. The molecule has 0 aliphatic heterocycles. The average Bonchev–Trinajstić information content (AvgIpc) is 2.03. The molecule has 0 fully saturated rings. The SMILES string of the molecule is CCOC(=O)C(C)(C)SC(=S)N(C)C. The van der Waals surface area contributed by atoms with E-state index in [9.17, 15) is 4.79 Å². The van der Waals surface area contributed by atoms with Crippen molar-refractivity contribution >= 4 is 34.3 Å². The van der Waals surface area contributed by atoms with Gasteiger partial charge in [-0.2, -0.15) is 0 Å². The molecule has 5 heteroatoms. The summed E-state index contributed by atoms with van der Waals surface area (Å²) >= 11 is 6.45. The Balaban J connectivity index is 4.33. The zero-order chi connectivity index (χ0) is 11.4. The fourth-order valence-corrected chi connectivity index (χ4v) is 2.04. The van der Waals surface area contributed by atoms with Crippen LogP contribution in [-0.2, 0) is 9.53 Å². The van der Waals surface area contributed by atoms with Crippen LogP contribution in [0.5, 0.6) is 0 Å². The summed E-state index contributed by atoms with van der Waals surface area (Å²) in [4.78, 5) is 13.3. The number of carbonyl (C=O) groups is 1. The summed E-state index contributed by atoms with van der Waals surface area (Å²) in [6.45, 7) is 5.82. The fraction of sp³-hybridized carbons (Fsp3) is 0.778. The Kier molecular flexibility index (Phi) is 5.44. The van der Waals surface area contributed by atoms with Gasteiger partial charge in [0.05, 0.1) is 6.61 Å². The minimum atomic E-state index is -0.614. The monoisotopic (exact) mass is 235 g/mol. The first-order valence-corrected chi connectivity index (χ1v) is 5.61. The molecule has 0 bridgehead atoms. The number of hydrogen-bond donors (Lipinski definition) is 0. The third-order valence-electron chi connectivity index (χ3n) is 1.47. The molecule has 82 valence electrons. The van der Waals surface area contributed by atoms with Gasteiger partial charge in [0.15, 0.2) is 0 Å². The molecule has 0 aromatic carbocycles. The molecule has 0 atom stereocenters. The highest BCUT2D eigenvalue weighted by atomic mass is 32.2. The Morgan fingerprint density at radius 1 is 1.50 bits per heavy atom. The van der Waals surface area contributed by atoms with E-state index in [-0.39, 0.29) is 5.97 Å². The molecular weight excluding hydrogens is 218 g/mol. The first-order valence-electron chi connectivity index (χ1n) is 4.38. The third kappa shape index (κ3) is 4.28. The van der Waals surface area contributed by atoms with E-state index < -0.39 is 4.75 Å². The second-order valence-corrected chi connectivity index (χ2v) is 5.75. The van der Waals surface area contributed by atoms with Crippen LogP contribution in [0.2, 0.25) is 0 Å². The largest absolute Gasteiger partial charge is 0.465 e. The summed E-state index contributed by atoms with van der Waals surface area (Å²) in [7, 11) is 3.72. The molecule has 0 N–H and O–H groups in total. The van der Waals surface area contributed by atoms with E-state index in [0.717, 1.165) is 0 Å². The van der Waals surface area contributed by atoms with E-state index in [1.54, 1.807) is 11.8 Å². The van der Waals surface area contributed by atoms with Gasteiger partial charge in [-0.15, -0.1) is 0 Å². The van der Waals surface area contributed by atoms with Crippen LogP contribution in [0, 0.1) is 0 Å². The van der Waals surface area contributed by atoms with Crippen LogP contribution in [0.1, 0.15) is 20.8 Å². The van der Waals surface area contributed by atoms with Crippen molar-refractivity contribution in [1.29, 1.82) is 0 Å². The van der Waals surface area contributed by atoms with Crippen LogP contribution in [0.4, 0.5) is 0 Å². The normalized spacial score (nSPS) is 10.9. The number of hydrogen-bond acceptors (Lipinski definition) is 4. The molecule has 0 saturated carbocycles. The average molecular weight is 235 g/mol. The van der Waals surface area contributed by atoms with Crippen molar-refractivity contribution in [1.82, 2.24) is 4.90 Å². The summed E-state index contributed by atoms with van der Waals surface area (Å²) in [6.07, 6.45) is 0. The molecule has 0 aliphatic rings. The number of rotatable bonds is 3. The zero-order valence-electron chi connectivity index (χ0n) is 9.29. The lowest BCUT2D eigenvalue weighted by atomic mass is 10.2. The molecule has 0 aromatic heterocycles. The lowest BCUT2D eigenvalue weighted by molar-refractivity contribution is -0.145. The van der Waals surface area contributed by atoms with Crippen molar-refractivity contribution in [3.05, 3.63) is 0 Å². The van der Waals surface area contributed by atoms with Gasteiger partial charge in [-0.3, -0.25) is 4.79 Å². The van der Waals surface area contributed by atoms with Crippen molar-refractivity contribution in [3.63, 3.8) is 0 Å². The topological polar surface area (TPSA) is 29.5 Å². The van der Waals surface area contributed by atoms with Crippen molar-refractivity contribution in [2.75, 3.05) is 20.7 Å². The number of ether oxygens (including phenoxy) is 1.